The molecule has 0 unspecified atom stereocenters. The molecule has 120 heavy (non-hydrogen) atoms. The zero-order valence-corrected chi connectivity index (χ0v) is 74.5. The van der Waals surface area contributed by atoms with Crippen molar-refractivity contribution < 1.29 is 86.7 Å². The number of likely N-dealkylation sites (tertiary alicyclic amines) is 3. The van der Waals surface area contributed by atoms with Crippen molar-refractivity contribution in [2.75, 3.05) is 52.4 Å². The molecule has 8 atom stereocenters. The molecule has 5 saturated heterocycles. The zero-order valence-electron chi connectivity index (χ0n) is 72.9. The summed E-state index contributed by atoms with van der Waals surface area (Å²) in [6, 6.07) is 15.6. The Labute approximate surface area is 713 Å². The third-order valence-electron chi connectivity index (χ3n) is 21.8. The second-order valence-corrected chi connectivity index (χ2v) is 36.5. The predicted molar refractivity (Wildman–Crippen MR) is 457 cm³/mol. The van der Waals surface area contributed by atoms with E-state index in [9.17, 15) is 67.7 Å². The van der Waals surface area contributed by atoms with Crippen molar-refractivity contribution in [2.24, 2.45) is 28.1 Å². The Kier molecular flexibility index (Phi) is 33.7. The van der Waals surface area contributed by atoms with E-state index in [-0.39, 0.29) is 73.6 Å². The molecule has 658 valence electrons. The average molecular weight is 1730 g/mol. The molecule has 31 nitrogen and oxygen atoms in total. The van der Waals surface area contributed by atoms with Gasteiger partial charge in [-0.2, -0.15) is 0 Å². The number of cyclic esters (lactones) is 1. The smallest absolute Gasteiger partial charge is 0.410 e. The summed E-state index contributed by atoms with van der Waals surface area (Å²) in [5, 5.41) is 35.0. The first-order chi connectivity index (χ1) is 56.0. The van der Waals surface area contributed by atoms with Gasteiger partial charge in [-0.25, -0.2) is 25.2 Å². The highest BCUT2D eigenvalue weighted by molar-refractivity contribution is 9.10. The Morgan fingerprint density at radius 3 is 1.64 bits per heavy atom. The molecular weight excluding hydrogens is 1610 g/mol. The fourth-order valence-electron chi connectivity index (χ4n) is 14.2. The number of hydrogen-bond donors (Lipinski definition) is 8. The van der Waals surface area contributed by atoms with Crippen LogP contribution in [-0.4, -0.2) is 222 Å². The number of hydrazine groups is 2. The molecule has 8 N–H and O–H groups in total. The Morgan fingerprint density at radius 1 is 0.625 bits per heavy atom. The minimum absolute atomic E-state index is 0.126. The third kappa shape index (κ3) is 26.8. The maximum Gasteiger partial charge on any atom is 0.410 e. The van der Waals surface area contributed by atoms with E-state index in [0.717, 1.165) is 32.0 Å². The van der Waals surface area contributed by atoms with Gasteiger partial charge in [-0.3, -0.25) is 63.1 Å². The number of rotatable bonds is 12. The number of nitrogens with one attached hydrogen (secondary N) is 6. The number of allylic oxidation sites excluding steroid dienone is 1. The van der Waals surface area contributed by atoms with Crippen LogP contribution < -0.4 is 32.1 Å². The molecule has 0 radical (unpaired) electrons. The minimum Gasteiger partial charge on any atom is -0.481 e. The topological polar surface area (TPSA) is 396 Å². The molecule has 0 saturated carbocycles. The molecule has 10 rings (SSSR count). The Morgan fingerprint density at radius 2 is 1.12 bits per heavy atom. The van der Waals surface area contributed by atoms with Crippen LogP contribution in [0.15, 0.2) is 96.5 Å². The number of benzene rings is 2. The maximum absolute atomic E-state index is 14.2. The lowest BCUT2D eigenvalue weighted by molar-refractivity contribution is -0.168. The number of carboxylic acid groups (broad SMARTS) is 1. The van der Waals surface area contributed by atoms with Crippen molar-refractivity contribution in [1.29, 1.82) is 0 Å². The maximum atomic E-state index is 14.2. The summed E-state index contributed by atoms with van der Waals surface area (Å²) in [4.78, 5) is 166. The number of ether oxygens (including phenoxy) is 4. The van der Waals surface area contributed by atoms with Gasteiger partial charge in [0.25, 0.3) is 17.7 Å². The minimum atomic E-state index is -1.19. The molecule has 6 aliphatic rings. The number of fused-ring (bicyclic) bond motifs is 5. The van der Waals surface area contributed by atoms with Crippen LogP contribution in [-0.2, 0) is 62.1 Å². The summed E-state index contributed by atoms with van der Waals surface area (Å²) in [7, 11) is 0. The van der Waals surface area contributed by atoms with Crippen LogP contribution in [0.3, 0.4) is 0 Å². The normalized spacial score (nSPS) is 21.9. The lowest BCUT2D eigenvalue weighted by atomic mass is 9.75. The molecule has 32 heteroatoms. The first-order valence-electron chi connectivity index (χ1n) is 41.4. The first kappa shape index (κ1) is 97.2. The molecular formula is C88H126BrN13O18. The number of piperidine rings is 3. The monoisotopic (exact) mass is 1730 g/mol. The Bertz CT molecular complexity index is 4340. The summed E-state index contributed by atoms with van der Waals surface area (Å²) < 4.78 is 23.1. The lowest BCUT2D eigenvalue weighted by Gasteiger charge is -2.39. The second-order valence-electron chi connectivity index (χ2n) is 35.5. The highest BCUT2D eigenvalue weighted by Crippen LogP contribution is 2.39. The van der Waals surface area contributed by atoms with Crippen LogP contribution >= 0.6 is 15.9 Å². The number of halogens is 1. The van der Waals surface area contributed by atoms with Gasteiger partial charge in [0, 0.05) is 73.0 Å². The van der Waals surface area contributed by atoms with Crippen molar-refractivity contribution in [1.82, 2.24) is 66.8 Å². The standard InChI is InChI=1S/C37H50N6O7.C24H32BrN5O4.C14H23NO3.C13H21NO4/c1-22(2)30-32(45)39-24(4)33(46)43-18-8-9-28(41-43)31(44)38-23(3)27-13-12-26-11-10-25(21-29(26)40-27)14-15-37(34(47)49-30)16-19-42(20-17-37)35(48)50-36(5,6)7;1-13(2)21(31)23(33)27-15(4)24(34)30-11-5-6-19(29-30)22(32)26-14(3)18-10-8-16-7-9-17(25)12-20(16)28-18;1-6-14(11(2)16)7-9-15(10-8-14)12(17)18-13(3,4)5;1-5-13(10(15)16)6-8-14(9-7-13)11(17)18-12(2,3)4/h10-15,21-24,28,30,41H,8-9,16-20H2,1-7H3,(H,38,44)(H,39,45);7-10,12-15,19,21,29,31H,5-6,11H2,1-4H3,(H,26,32)(H,27,33);6H,1,7-10H2,2-5H3;5H,1,6-9H2,2-4H3,(H,15,16)/b15-14+;;;/t23-,24+,28+,30+;14-,15+,19+,21+;;/m11../s1. The van der Waals surface area contributed by atoms with E-state index in [4.69, 9.17) is 23.9 Å². The molecule has 6 aliphatic heterocycles. The van der Waals surface area contributed by atoms with Gasteiger partial charge < -0.3 is 65.1 Å². The number of carbonyl (C=O) groups is 12. The van der Waals surface area contributed by atoms with Crippen molar-refractivity contribution in [2.45, 2.75) is 254 Å². The fourth-order valence-corrected chi connectivity index (χ4v) is 14.6. The fraction of sp³-hybridized carbons (Fsp3) is 0.591. The number of ketones is 1. The van der Waals surface area contributed by atoms with E-state index < -0.39 is 117 Å². The number of aliphatic hydroxyl groups excluding tert-OH is 1. The van der Waals surface area contributed by atoms with Gasteiger partial charge in [0.15, 0.2) is 6.10 Å². The predicted octanol–water partition coefficient (Wildman–Crippen LogP) is 11.3. The van der Waals surface area contributed by atoms with Crippen LogP contribution in [0.25, 0.3) is 27.9 Å². The summed E-state index contributed by atoms with van der Waals surface area (Å²) in [6.07, 6.45) is 8.20. The number of amides is 9. The Hall–Kier alpha value is -9.92. The zero-order chi connectivity index (χ0) is 89.3. The summed E-state index contributed by atoms with van der Waals surface area (Å²) in [5.74, 6) is -4.45. The highest BCUT2D eigenvalue weighted by atomic mass is 79.9. The molecule has 4 aromatic rings. The van der Waals surface area contributed by atoms with Gasteiger partial charge in [0.05, 0.1) is 45.3 Å². The highest BCUT2D eigenvalue weighted by Gasteiger charge is 2.47. The SMILES string of the molecule is C=CC1(C(=O)O)CCN(C(=O)OC(C)(C)C)CC1.C=CC1(C(C)=O)CCN(C(=O)OC(C)(C)C)CC1.CC(C)[C@@H]1OC(=O)C2(/C=C/c3ccc4ccc(nc4c3)[C@@H](C)NC(=O)[C@@H]3CCCN(N3)C(=O)[C@H](C)NC1=O)CCN(C(=O)OC(C)(C)C)CC2.CC(C)[C@H](O)C(=O)N[C@@H](C)C(=O)N1CCC[C@@H](C(=O)N[C@H](C)c2ccc3ccc(Br)cc3n2)N1. The molecule has 1 spiro atoms. The van der Waals surface area contributed by atoms with E-state index in [2.05, 4.69) is 66.2 Å². The van der Waals surface area contributed by atoms with Crippen LogP contribution in [0.4, 0.5) is 14.4 Å². The molecule has 2 aromatic carbocycles. The number of hydrogen-bond acceptors (Lipinski definition) is 21. The molecule has 5 fully saturated rings. The van der Waals surface area contributed by atoms with E-state index in [0.29, 0.717) is 102 Å². The Balaban J connectivity index is 0.000000243. The number of pyridine rings is 2. The van der Waals surface area contributed by atoms with Gasteiger partial charge in [-0.05, 0) is 209 Å². The summed E-state index contributed by atoms with van der Waals surface area (Å²) in [6.45, 7) is 42.3. The van der Waals surface area contributed by atoms with E-state index in [1.54, 1.807) is 117 Å². The van der Waals surface area contributed by atoms with Gasteiger partial charge in [0.2, 0.25) is 17.7 Å². The lowest BCUT2D eigenvalue weighted by Crippen LogP contribution is -2.61. The van der Waals surface area contributed by atoms with Crippen molar-refractivity contribution in [3.63, 3.8) is 0 Å². The van der Waals surface area contributed by atoms with E-state index in [1.807, 2.05) is 101 Å². The van der Waals surface area contributed by atoms with Crippen LogP contribution in [0.2, 0.25) is 0 Å². The summed E-state index contributed by atoms with van der Waals surface area (Å²) in [5.41, 5.74) is 5.58. The van der Waals surface area contributed by atoms with Crippen molar-refractivity contribution in [3.05, 3.63) is 113 Å². The van der Waals surface area contributed by atoms with E-state index in [1.165, 1.54) is 16.1 Å². The molecule has 8 heterocycles. The quantitative estimate of drug-likeness (QED) is 0.0371. The van der Waals surface area contributed by atoms with Gasteiger partial charge in [0.1, 0.15) is 52.9 Å². The van der Waals surface area contributed by atoms with Crippen molar-refractivity contribution >= 4 is 115 Å². The molecule has 0 aliphatic carbocycles. The van der Waals surface area contributed by atoms with Crippen molar-refractivity contribution in [3.8, 4) is 0 Å². The molecule has 5 bridgehead atoms. The number of aromatic nitrogens is 2. The first-order valence-corrected chi connectivity index (χ1v) is 42.2. The average Bonchev–Trinajstić information content (AvgIpc) is 0.836. The molecule has 2 aromatic heterocycles. The largest absolute Gasteiger partial charge is 0.481 e. The van der Waals surface area contributed by atoms with Gasteiger partial charge in [-0.15, -0.1) is 13.2 Å². The van der Waals surface area contributed by atoms with Crippen LogP contribution in [0.1, 0.15) is 218 Å². The number of aliphatic carboxylic acids is 1. The third-order valence-corrected chi connectivity index (χ3v) is 22.3. The molecule has 9 amide bonds. The van der Waals surface area contributed by atoms with Gasteiger partial charge in [-0.1, -0.05) is 98.3 Å². The number of aliphatic hydroxyl groups is 1. The van der Waals surface area contributed by atoms with Gasteiger partial charge >= 0.3 is 30.2 Å². The van der Waals surface area contributed by atoms with E-state index >= 15 is 0 Å². The van der Waals surface area contributed by atoms with Crippen LogP contribution in [0.5, 0.6) is 0 Å². The second kappa shape index (κ2) is 41.6. The number of nitrogens with zero attached hydrogens (tertiary/aromatic N) is 7. The number of carboxylic acids is 1. The number of carbonyl (C=O) groups excluding carboxylic acids is 11. The number of Topliss-reactive ketones (excluding diaryl/α,β-unsaturated/α-hetero) is 1. The van der Waals surface area contributed by atoms with Crippen LogP contribution in [0, 0.1) is 28.1 Å². The number of esters is 1. The summed E-state index contributed by atoms with van der Waals surface area (Å²) >= 11 is 3.45.